The monoisotopic (exact) mass is 290 g/mol. The average Bonchev–Trinajstić information content (AvgIpc) is 2.47. The molecule has 4 nitrogen and oxygen atoms in total. The van der Waals surface area contributed by atoms with Crippen LogP contribution in [0.4, 0.5) is 4.39 Å². The van der Waals surface area contributed by atoms with Gasteiger partial charge in [0.1, 0.15) is 5.82 Å². The molecule has 2 rings (SSSR count). The highest BCUT2D eigenvalue weighted by Crippen LogP contribution is 2.10. The van der Waals surface area contributed by atoms with Crippen molar-refractivity contribution in [3.8, 4) is 0 Å². The molecule has 0 aliphatic carbocycles. The molecule has 0 radical (unpaired) electrons. The van der Waals surface area contributed by atoms with Crippen LogP contribution in [0, 0.1) is 5.82 Å². The van der Waals surface area contributed by atoms with Crippen molar-refractivity contribution in [1.29, 1.82) is 0 Å². The van der Waals surface area contributed by atoms with E-state index in [2.05, 4.69) is 5.32 Å². The second-order valence-corrected chi connectivity index (χ2v) is 5.17. The summed E-state index contributed by atoms with van der Waals surface area (Å²) in [6, 6.07) is 6.05. The zero-order valence-corrected chi connectivity index (χ0v) is 12.0. The van der Waals surface area contributed by atoms with Crippen LogP contribution in [-0.2, 0) is 9.59 Å². The number of benzene rings is 1. The Morgan fingerprint density at radius 1 is 1.24 bits per heavy atom. The van der Waals surface area contributed by atoms with Crippen molar-refractivity contribution in [2.75, 3.05) is 13.1 Å². The topological polar surface area (TPSA) is 49.4 Å². The Labute approximate surface area is 123 Å². The second-order valence-electron chi connectivity index (χ2n) is 5.17. The first-order chi connectivity index (χ1) is 10.0. The van der Waals surface area contributed by atoms with Gasteiger partial charge in [0.15, 0.2) is 0 Å². The summed E-state index contributed by atoms with van der Waals surface area (Å²) in [6.45, 7) is 2.92. The number of hydrogen-bond donors (Lipinski definition) is 1. The van der Waals surface area contributed by atoms with E-state index < -0.39 is 0 Å². The summed E-state index contributed by atoms with van der Waals surface area (Å²) < 4.78 is 12.8. The minimum Gasteiger partial charge on any atom is -0.350 e. The predicted octanol–water partition coefficient (Wildman–Crippen LogP) is 1.97. The van der Waals surface area contributed by atoms with E-state index in [1.54, 1.807) is 30.0 Å². The van der Waals surface area contributed by atoms with Gasteiger partial charge in [-0.05, 0) is 36.6 Å². The third kappa shape index (κ3) is 4.70. The zero-order chi connectivity index (χ0) is 15.2. The Balaban J connectivity index is 1.80. The number of halogens is 1. The SMILES string of the molecule is CC(=O)N1CCC(NC(=O)C=Cc2ccc(F)cc2)CC1. The highest BCUT2D eigenvalue weighted by molar-refractivity contribution is 5.91. The molecule has 112 valence electrons. The van der Waals surface area contributed by atoms with E-state index in [4.69, 9.17) is 0 Å². The number of carbonyl (C=O) groups is 2. The van der Waals surface area contributed by atoms with E-state index >= 15 is 0 Å². The number of amides is 2. The van der Waals surface area contributed by atoms with E-state index in [-0.39, 0.29) is 23.7 Å². The summed E-state index contributed by atoms with van der Waals surface area (Å²) in [5.74, 6) is -0.384. The number of rotatable bonds is 3. The molecule has 5 heteroatoms. The minimum absolute atomic E-state index is 0.0796. The molecule has 1 heterocycles. The quantitative estimate of drug-likeness (QED) is 0.865. The average molecular weight is 290 g/mol. The van der Waals surface area contributed by atoms with Crippen LogP contribution in [0.5, 0.6) is 0 Å². The largest absolute Gasteiger partial charge is 0.350 e. The molecule has 1 N–H and O–H groups in total. The molecule has 0 unspecified atom stereocenters. The van der Waals surface area contributed by atoms with Gasteiger partial charge in [-0.25, -0.2) is 4.39 Å². The fraction of sp³-hybridized carbons (Fsp3) is 0.375. The lowest BCUT2D eigenvalue weighted by Gasteiger charge is -2.31. The van der Waals surface area contributed by atoms with Crippen LogP contribution in [0.2, 0.25) is 0 Å². The van der Waals surface area contributed by atoms with Crippen LogP contribution in [-0.4, -0.2) is 35.8 Å². The first-order valence-electron chi connectivity index (χ1n) is 7.04. The Hall–Kier alpha value is -2.17. The minimum atomic E-state index is -0.297. The summed E-state index contributed by atoms with van der Waals surface area (Å²) in [5, 5.41) is 2.92. The van der Waals surface area contributed by atoms with Crippen LogP contribution < -0.4 is 5.32 Å². The molecular weight excluding hydrogens is 271 g/mol. The summed E-state index contributed by atoms with van der Waals surface area (Å²) in [6.07, 6.45) is 4.65. The molecule has 21 heavy (non-hydrogen) atoms. The zero-order valence-electron chi connectivity index (χ0n) is 12.0. The number of nitrogens with one attached hydrogen (secondary N) is 1. The molecule has 1 aliphatic heterocycles. The van der Waals surface area contributed by atoms with Gasteiger partial charge < -0.3 is 10.2 Å². The van der Waals surface area contributed by atoms with Crippen molar-refractivity contribution in [2.45, 2.75) is 25.8 Å². The molecule has 2 amide bonds. The first kappa shape index (κ1) is 15.2. The smallest absolute Gasteiger partial charge is 0.244 e. The molecule has 1 aliphatic rings. The molecule has 0 spiro atoms. The third-order valence-corrected chi connectivity index (χ3v) is 3.58. The fourth-order valence-corrected chi connectivity index (χ4v) is 2.33. The molecule has 0 aromatic heterocycles. The lowest BCUT2D eigenvalue weighted by molar-refractivity contribution is -0.129. The van der Waals surface area contributed by atoms with Crippen molar-refractivity contribution in [3.63, 3.8) is 0 Å². The summed E-state index contributed by atoms with van der Waals surface area (Å²) in [5.41, 5.74) is 0.776. The van der Waals surface area contributed by atoms with Crippen molar-refractivity contribution in [1.82, 2.24) is 10.2 Å². The van der Waals surface area contributed by atoms with Crippen molar-refractivity contribution in [2.24, 2.45) is 0 Å². The first-order valence-corrected chi connectivity index (χ1v) is 7.04. The molecule has 1 saturated heterocycles. The van der Waals surface area contributed by atoms with Gasteiger partial charge in [-0.3, -0.25) is 9.59 Å². The van der Waals surface area contributed by atoms with Crippen LogP contribution in [0.3, 0.4) is 0 Å². The number of carbonyl (C=O) groups excluding carboxylic acids is 2. The van der Waals surface area contributed by atoms with Crippen molar-refractivity contribution in [3.05, 3.63) is 41.7 Å². The lowest BCUT2D eigenvalue weighted by Crippen LogP contribution is -2.45. The van der Waals surface area contributed by atoms with Gasteiger partial charge in [-0.15, -0.1) is 0 Å². The summed E-state index contributed by atoms with van der Waals surface area (Å²) in [4.78, 5) is 24.8. The normalized spacial score (nSPS) is 16.2. The summed E-state index contributed by atoms with van der Waals surface area (Å²) >= 11 is 0. The number of likely N-dealkylation sites (tertiary alicyclic amines) is 1. The van der Waals surface area contributed by atoms with E-state index in [0.29, 0.717) is 13.1 Å². The van der Waals surface area contributed by atoms with Gasteiger partial charge in [-0.1, -0.05) is 12.1 Å². The molecule has 0 atom stereocenters. The third-order valence-electron chi connectivity index (χ3n) is 3.58. The predicted molar refractivity (Wildman–Crippen MR) is 78.9 cm³/mol. The van der Waals surface area contributed by atoms with Crippen LogP contribution in [0.25, 0.3) is 6.08 Å². The number of nitrogens with zero attached hydrogens (tertiary/aromatic N) is 1. The van der Waals surface area contributed by atoms with Crippen LogP contribution >= 0.6 is 0 Å². The van der Waals surface area contributed by atoms with Gasteiger partial charge in [0, 0.05) is 32.1 Å². The Kier molecular flexibility index (Phi) is 5.09. The molecule has 0 saturated carbocycles. The summed E-state index contributed by atoms with van der Waals surface area (Å²) in [7, 11) is 0. The van der Waals surface area contributed by atoms with Gasteiger partial charge in [-0.2, -0.15) is 0 Å². The fourth-order valence-electron chi connectivity index (χ4n) is 2.33. The molecule has 1 aromatic rings. The molecule has 0 bridgehead atoms. The maximum Gasteiger partial charge on any atom is 0.244 e. The standard InChI is InChI=1S/C16H19FN2O2/c1-12(20)19-10-8-15(9-11-19)18-16(21)7-4-13-2-5-14(17)6-3-13/h2-7,15H,8-11H2,1H3,(H,18,21). The second kappa shape index (κ2) is 7.02. The Morgan fingerprint density at radius 3 is 2.43 bits per heavy atom. The molecule has 1 fully saturated rings. The van der Waals surface area contributed by atoms with Crippen molar-refractivity contribution < 1.29 is 14.0 Å². The van der Waals surface area contributed by atoms with E-state index in [1.165, 1.54) is 18.2 Å². The van der Waals surface area contributed by atoms with Gasteiger partial charge in [0.05, 0.1) is 0 Å². The van der Waals surface area contributed by atoms with E-state index in [9.17, 15) is 14.0 Å². The Bertz CT molecular complexity index is 532. The van der Waals surface area contributed by atoms with Gasteiger partial charge in [0.2, 0.25) is 11.8 Å². The van der Waals surface area contributed by atoms with Crippen molar-refractivity contribution >= 4 is 17.9 Å². The van der Waals surface area contributed by atoms with E-state index in [1.807, 2.05) is 0 Å². The van der Waals surface area contributed by atoms with Crippen LogP contribution in [0.1, 0.15) is 25.3 Å². The van der Waals surface area contributed by atoms with Gasteiger partial charge in [0.25, 0.3) is 0 Å². The maximum absolute atomic E-state index is 12.8. The number of hydrogen-bond acceptors (Lipinski definition) is 2. The highest BCUT2D eigenvalue weighted by atomic mass is 19.1. The maximum atomic E-state index is 12.8. The molecular formula is C16H19FN2O2. The molecule has 1 aromatic carbocycles. The highest BCUT2D eigenvalue weighted by Gasteiger charge is 2.21. The Morgan fingerprint density at radius 2 is 1.86 bits per heavy atom. The van der Waals surface area contributed by atoms with E-state index in [0.717, 1.165) is 18.4 Å². The van der Waals surface area contributed by atoms with Crippen LogP contribution in [0.15, 0.2) is 30.3 Å². The van der Waals surface area contributed by atoms with Gasteiger partial charge >= 0.3 is 0 Å². The lowest BCUT2D eigenvalue weighted by atomic mass is 10.0. The number of piperidine rings is 1.